The lowest BCUT2D eigenvalue weighted by Crippen LogP contribution is -2.17. The molecule has 2 rings (SSSR count). The molecule has 0 unspecified atom stereocenters. The zero-order chi connectivity index (χ0) is 15.6. The Morgan fingerprint density at radius 2 is 1.67 bits per heavy atom. The van der Waals surface area contributed by atoms with Gasteiger partial charge in [-0.2, -0.15) is 0 Å². The van der Waals surface area contributed by atoms with E-state index in [-0.39, 0.29) is 5.56 Å². The van der Waals surface area contributed by atoms with E-state index in [1.54, 1.807) is 6.92 Å². The zero-order valence-electron chi connectivity index (χ0n) is 10.9. The number of carbonyl (C=O) groups is 1. The topological polar surface area (TPSA) is 26.3 Å². The van der Waals surface area contributed by atoms with E-state index >= 15 is 0 Å². The van der Waals surface area contributed by atoms with Crippen molar-refractivity contribution >= 4 is 5.78 Å². The van der Waals surface area contributed by atoms with Gasteiger partial charge in [-0.25, -0.2) is 4.39 Å². The number of carbonyl (C=O) groups excluding carboxylic acids is 1. The molecule has 0 spiro atoms. The van der Waals surface area contributed by atoms with Gasteiger partial charge in [-0.1, -0.05) is 0 Å². The van der Waals surface area contributed by atoms with Crippen molar-refractivity contribution < 1.29 is 27.1 Å². The Bertz CT molecular complexity index is 660. The molecule has 0 heterocycles. The molecule has 0 N–H and O–H groups in total. The fourth-order valence-electron chi connectivity index (χ4n) is 1.85. The van der Waals surface area contributed by atoms with Gasteiger partial charge in [0.2, 0.25) is 0 Å². The van der Waals surface area contributed by atoms with Crippen molar-refractivity contribution in [3.63, 3.8) is 0 Å². The third kappa shape index (κ3) is 3.81. The van der Waals surface area contributed by atoms with Crippen LogP contribution in [0.25, 0.3) is 0 Å². The van der Waals surface area contributed by atoms with Gasteiger partial charge in [-0.15, -0.1) is 13.2 Å². The van der Waals surface area contributed by atoms with Crippen LogP contribution in [-0.2, 0) is 0 Å². The predicted octanol–water partition coefficient (Wildman–Crippen LogP) is 4.26. The van der Waals surface area contributed by atoms with Gasteiger partial charge >= 0.3 is 6.36 Å². The summed E-state index contributed by atoms with van der Waals surface area (Å²) < 4.78 is 52.8. The first-order valence-corrected chi connectivity index (χ1v) is 5.93. The van der Waals surface area contributed by atoms with Crippen LogP contribution in [0.2, 0.25) is 0 Å². The minimum Gasteiger partial charge on any atom is -0.406 e. The highest BCUT2D eigenvalue weighted by atomic mass is 19.4. The summed E-state index contributed by atoms with van der Waals surface area (Å²) in [6, 6.07) is 8.28. The van der Waals surface area contributed by atoms with Crippen LogP contribution >= 0.6 is 0 Å². The lowest BCUT2D eigenvalue weighted by Gasteiger charge is -2.09. The highest BCUT2D eigenvalue weighted by Gasteiger charge is 2.31. The SMILES string of the molecule is Cc1cc(F)ccc1C(=O)c1ccc(OC(F)(F)F)cc1. The molecule has 110 valence electrons. The third-order valence-corrected chi connectivity index (χ3v) is 2.78. The van der Waals surface area contributed by atoms with Crippen molar-refractivity contribution in [3.05, 3.63) is 65.0 Å². The lowest BCUT2D eigenvalue weighted by molar-refractivity contribution is -0.274. The van der Waals surface area contributed by atoms with Crippen LogP contribution in [0.15, 0.2) is 42.5 Å². The van der Waals surface area contributed by atoms with E-state index in [4.69, 9.17) is 0 Å². The first-order valence-electron chi connectivity index (χ1n) is 5.93. The number of ketones is 1. The van der Waals surface area contributed by atoms with Crippen LogP contribution in [0.3, 0.4) is 0 Å². The normalized spacial score (nSPS) is 11.3. The Morgan fingerprint density at radius 3 is 2.19 bits per heavy atom. The standard InChI is InChI=1S/C15H10F4O2/c1-9-8-11(16)4-7-13(9)14(20)10-2-5-12(6-3-10)21-15(17,18)19/h2-8H,1H3. The number of aryl methyl sites for hydroxylation is 1. The minimum atomic E-state index is -4.78. The van der Waals surface area contributed by atoms with Crippen LogP contribution in [0.1, 0.15) is 21.5 Å². The van der Waals surface area contributed by atoms with E-state index in [1.807, 2.05) is 0 Å². The van der Waals surface area contributed by atoms with E-state index in [0.29, 0.717) is 11.1 Å². The number of ether oxygens (including phenoxy) is 1. The number of benzene rings is 2. The molecule has 0 radical (unpaired) electrons. The van der Waals surface area contributed by atoms with E-state index in [1.165, 1.54) is 24.3 Å². The molecular formula is C15H10F4O2. The van der Waals surface area contributed by atoms with E-state index in [2.05, 4.69) is 4.74 Å². The Balaban J connectivity index is 2.24. The molecule has 0 fully saturated rings. The molecular weight excluding hydrogens is 288 g/mol. The molecule has 0 aliphatic rings. The van der Waals surface area contributed by atoms with Crippen molar-refractivity contribution in [1.29, 1.82) is 0 Å². The highest BCUT2D eigenvalue weighted by molar-refractivity contribution is 6.09. The van der Waals surface area contributed by atoms with Gasteiger partial charge in [-0.05, 0) is 55.0 Å². The maximum absolute atomic E-state index is 13.0. The maximum Gasteiger partial charge on any atom is 0.573 e. The average Bonchev–Trinajstić information content (AvgIpc) is 2.37. The molecule has 2 aromatic rings. The molecule has 0 aromatic heterocycles. The van der Waals surface area contributed by atoms with Crippen molar-refractivity contribution in [2.45, 2.75) is 13.3 Å². The van der Waals surface area contributed by atoms with Gasteiger partial charge in [0.15, 0.2) is 5.78 Å². The lowest BCUT2D eigenvalue weighted by atomic mass is 9.99. The fourth-order valence-corrected chi connectivity index (χ4v) is 1.85. The Kier molecular flexibility index (Phi) is 3.97. The molecule has 0 atom stereocenters. The van der Waals surface area contributed by atoms with Crippen molar-refractivity contribution in [2.24, 2.45) is 0 Å². The third-order valence-electron chi connectivity index (χ3n) is 2.78. The van der Waals surface area contributed by atoms with Gasteiger partial charge < -0.3 is 4.74 Å². The summed E-state index contributed by atoms with van der Waals surface area (Å²) in [5.41, 5.74) is 0.941. The van der Waals surface area contributed by atoms with Crippen LogP contribution < -0.4 is 4.74 Å². The van der Waals surface area contributed by atoms with Gasteiger partial charge in [0.25, 0.3) is 0 Å². The molecule has 2 nitrogen and oxygen atoms in total. The zero-order valence-corrected chi connectivity index (χ0v) is 10.9. The number of hydrogen-bond donors (Lipinski definition) is 0. The molecule has 0 aliphatic carbocycles. The van der Waals surface area contributed by atoms with Crippen molar-refractivity contribution in [1.82, 2.24) is 0 Å². The number of alkyl halides is 3. The van der Waals surface area contributed by atoms with E-state index in [9.17, 15) is 22.4 Å². The second-order valence-corrected chi connectivity index (χ2v) is 4.36. The summed E-state index contributed by atoms with van der Waals surface area (Å²) in [6.45, 7) is 1.58. The largest absolute Gasteiger partial charge is 0.573 e. The summed E-state index contributed by atoms with van der Waals surface area (Å²) in [5, 5.41) is 0. The summed E-state index contributed by atoms with van der Waals surface area (Å²) in [5.74, 6) is -1.26. The molecule has 0 aliphatic heterocycles. The second kappa shape index (κ2) is 5.55. The first-order chi connectivity index (χ1) is 9.76. The molecule has 0 bridgehead atoms. The molecule has 2 aromatic carbocycles. The summed E-state index contributed by atoms with van der Waals surface area (Å²) in [4.78, 5) is 12.2. The highest BCUT2D eigenvalue weighted by Crippen LogP contribution is 2.24. The smallest absolute Gasteiger partial charge is 0.406 e. The number of halogens is 4. The van der Waals surface area contributed by atoms with Crippen LogP contribution in [0, 0.1) is 12.7 Å². The average molecular weight is 298 g/mol. The molecule has 21 heavy (non-hydrogen) atoms. The fraction of sp³-hybridized carbons (Fsp3) is 0.133. The van der Waals surface area contributed by atoms with Crippen molar-refractivity contribution in [2.75, 3.05) is 0 Å². The van der Waals surface area contributed by atoms with Gasteiger partial charge in [0, 0.05) is 11.1 Å². The quantitative estimate of drug-likeness (QED) is 0.625. The molecule has 0 saturated heterocycles. The van der Waals surface area contributed by atoms with Gasteiger partial charge in [0.1, 0.15) is 11.6 Å². The molecule has 0 amide bonds. The van der Waals surface area contributed by atoms with Gasteiger partial charge in [-0.3, -0.25) is 4.79 Å². The molecule has 0 saturated carbocycles. The number of rotatable bonds is 3. The Hall–Kier alpha value is -2.37. The van der Waals surface area contributed by atoms with Crippen LogP contribution in [0.4, 0.5) is 17.6 Å². The molecule has 6 heteroatoms. The second-order valence-electron chi connectivity index (χ2n) is 4.36. The van der Waals surface area contributed by atoms with Crippen LogP contribution in [0.5, 0.6) is 5.75 Å². The summed E-state index contributed by atoms with van der Waals surface area (Å²) >= 11 is 0. The van der Waals surface area contributed by atoms with Crippen LogP contribution in [-0.4, -0.2) is 12.1 Å². The number of hydrogen-bond acceptors (Lipinski definition) is 2. The predicted molar refractivity (Wildman–Crippen MR) is 67.7 cm³/mol. The van der Waals surface area contributed by atoms with E-state index in [0.717, 1.165) is 18.2 Å². The Morgan fingerprint density at radius 1 is 1.05 bits per heavy atom. The maximum atomic E-state index is 13.0. The summed E-state index contributed by atoms with van der Waals surface area (Å²) in [7, 11) is 0. The minimum absolute atomic E-state index is 0.194. The van der Waals surface area contributed by atoms with Crippen molar-refractivity contribution in [3.8, 4) is 5.75 Å². The monoisotopic (exact) mass is 298 g/mol. The Labute approximate surface area is 118 Å². The van der Waals surface area contributed by atoms with E-state index < -0.39 is 23.7 Å². The first kappa shape index (κ1) is 15.0. The summed E-state index contributed by atoms with van der Waals surface area (Å²) in [6.07, 6.45) is -4.78. The van der Waals surface area contributed by atoms with Gasteiger partial charge in [0.05, 0.1) is 0 Å².